The summed E-state index contributed by atoms with van der Waals surface area (Å²) in [6.07, 6.45) is 2.58. The number of carbonyl (C=O) groups excluding carboxylic acids is 4. The molecule has 13 nitrogen and oxygen atoms in total. The van der Waals surface area contributed by atoms with E-state index in [1.807, 2.05) is 36.4 Å². The van der Waals surface area contributed by atoms with E-state index in [2.05, 4.69) is 15.5 Å². The van der Waals surface area contributed by atoms with Gasteiger partial charge < -0.3 is 20.1 Å². The molecule has 0 aliphatic carbocycles. The summed E-state index contributed by atoms with van der Waals surface area (Å²) >= 11 is 0. The number of hydrogen-bond donors (Lipinski definition) is 3. The molecule has 3 N–H and O–H groups in total. The quantitative estimate of drug-likeness (QED) is 0.330. The first-order chi connectivity index (χ1) is 24.1. The number of likely N-dealkylation sites (tertiary alicyclic amines) is 1. The van der Waals surface area contributed by atoms with Crippen LogP contribution in [0.4, 0.5) is 4.79 Å². The minimum Gasteiger partial charge on any atom is -0.444 e. The number of nitrogens with one attached hydrogen (secondary N) is 2. The van der Waals surface area contributed by atoms with E-state index in [0.717, 1.165) is 22.3 Å². The maximum Gasteiger partial charge on any atom is 0.407 e. The first kappa shape index (κ1) is 36.9. The van der Waals surface area contributed by atoms with Crippen LogP contribution < -0.4 is 10.6 Å². The molecule has 14 heteroatoms. The number of fused-ring (bicyclic) bond motifs is 1. The lowest BCUT2D eigenvalue weighted by Crippen LogP contribution is -2.52. The SMILES string of the molecule is CC(C)(C)OC(=O)NC1CCN(S(=O)(=O)CCc2ccc(CN3CCC(O)(c4ccc5c(c4)CN(C4CCC(=O)NC4=O)C5=O)CC3)cc2)CC1. The molecule has 4 aliphatic rings. The van der Waals surface area contributed by atoms with Gasteiger partial charge in [0, 0.05) is 57.3 Å². The van der Waals surface area contributed by atoms with Crippen molar-refractivity contribution < 1.29 is 37.4 Å². The summed E-state index contributed by atoms with van der Waals surface area (Å²) in [4.78, 5) is 53.0. The molecule has 276 valence electrons. The van der Waals surface area contributed by atoms with Crippen LogP contribution in [0, 0.1) is 0 Å². The molecule has 3 saturated heterocycles. The van der Waals surface area contributed by atoms with Gasteiger partial charge in [-0.25, -0.2) is 17.5 Å². The number of rotatable bonds is 9. The third-order valence-corrected chi connectivity index (χ3v) is 12.3. The van der Waals surface area contributed by atoms with Gasteiger partial charge in [0.2, 0.25) is 21.8 Å². The third-order valence-electron chi connectivity index (χ3n) is 10.4. The van der Waals surface area contributed by atoms with Gasteiger partial charge in [0.15, 0.2) is 0 Å². The van der Waals surface area contributed by atoms with Crippen molar-refractivity contribution in [2.75, 3.05) is 31.9 Å². The highest BCUT2D eigenvalue weighted by Gasteiger charge is 2.41. The van der Waals surface area contributed by atoms with E-state index in [9.17, 15) is 32.7 Å². The average Bonchev–Trinajstić information content (AvgIpc) is 3.40. The summed E-state index contributed by atoms with van der Waals surface area (Å²) in [5, 5.41) is 16.8. The Morgan fingerprint density at radius 3 is 2.29 bits per heavy atom. The number of ether oxygens (including phenoxy) is 1. The van der Waals surface area contributed by atoms with Gasteiger partial charge in [-0.15, -0.1) is 0 Å². The standard InChI is InChI=1S/C37H49N5O8S/c1-36(2,3)50-35(46)38-29-12-17-41(18-13-29)51(48,49)21-14-25-4-6-26(7-5-25)23-40-19-15-37(47,16-20-40)28-8-9-30-27(22-28)24-42(34(30)45)31-10-11-32(43)39-33(31)44/h4-9,22,29,31,47H,10-21,23-24H2,1-3H3,(H,38,46)(H,39,43,44). The molecule has 2 aromatic carbocycles. The highest BCUT2D eigenvalue weighted by molar-refractivity contribution is 7.89. The Bertz CT molecular complexity index is 1760. The number of benzene rings is 2. The van der Waals surface area contributed by atoms with Crippen molar-refractivity contribution in [1.82, 2.24) is 24.7 Å². The molecule has 4 aliphatic heterocycles. The lowest BCUT2D eigenvalue weighted by atomic mass is 9.83. The van der Waals surface area contributed by atoms with E-state index in [0.29, 0.717) is 76.8 Å². The normalized spacial score (nSPS) is 22.1. The zero-order valence-corrected chi connectivity index (χ0v) is 30.5. The Balaban J connectivity index is 0.951. The zero-order valence-electron chi connectivity index (χ0n) is 29.7. The Kier molecular flexibility index (Phi) is 10.6. The molecule has 4 amide bonds. The smallest absolute Gasteiger partial charge is 0.407 e. The Hall–Kier alpha value is -3.85. The molecule has 51 heavy (non-hydrogen) atoms. The van der Waals surface area contributed by atoms with Crippen molar-refractivity contribution >= 4 is 33.8 Å². The Morgan fingerprint density at radius 2 is 1.65 bits per heavy atom. The number of nitrogens with zero attached hydrogens (tertiary/aromatic N) is 3. The van der Waals surface area contributed by atoms with Crippen LogP contribution in [0.2, 0.25) is 0 Å². The molecule has 2 aromatic rings. The Morgan fingerprint density at radius 1 is 0.980 bits per heavy atom. The van der Waals surface area contributed by atoms with Crippen molar-refractivity contribution in [2.45, 2.75) is 102 Å². The van der Waals surface area contributed by atoms with Crippen molar-refractivity contribution in [3.05, 3.63) is 70.3 Å². The second-order valence-corrected chi connectivity index (χ2v) is 17.4. The molecule has 0 radical (unpaired) electrons. The highest BCUT2D eigenvalue weighted by atomic mass is 32.2. The maximum absolute atomic E-state index is 13.1. The van der Waals surface area contributed by atoms with Gasteiger partial charge in [0.25, 0.3) is 5.91 Å². The minimum atomic E-state index is -3.44. The molecule has 0 saturated carbocycles. The predicted molar refractivity (Wildman–Crippen MR) is 189 cm³/mol. The van der Waals surface area contributed by atoms with E-state index in [1.54, 1.807) is 26.8 Å². The molecule has 3 fully saturated rings. The molecule has 4 heterocycles. The highest BCUT2D eigenvalue weighted by Crippen LogP contribution is 2.37. The second-order valence-electron chi connectivity index (χ2n) is 15.3. The molecule has 1 unspecified atom stereocenters. The first-order valence-corrected chi connectivity index (χ1v) is 19.5. The van der Waals surface area contributed by atoms with E-state index in [1.165, 1.54) is 9.21 Å². The van der Waals surface area contributed by atoms with E-state index in [-0.39, 0.29) is 36.6 Å². The number of carbonyl (C=O) groups is 4. The Labute approximate surface area is 299 Å². The number of imide groups is 1. The molecule has 0 spiro atoms. The molecule has 0 bridgehead atoms. The summed E-state index contributed by atoms with van der Waals surface area (Å²) < 4.78 is 33.0. The minimum absolute atomic E-state index is 0.0209. The van der Waals surface area contributed by atoms with E-state index in [4.69, 9.17) is 4.74 Å². The van der Waals surface area contributed by atoms with Crippen LogP contribution in [0.3, 0.4) is 0 Å². The van der Waals surface area contributed by atoms with Gasteiger partial charge in [-0.05, 0) is 87.6 Å². The van der Waals surface area contributed by atoms with Crippen molar-refractivity contribution in [3.8, 4) is 0 Å². The van der Waals surface area contributed by atoms with Gasteiger partial charge in [-0.3, -0.25) is 24.6 Å². The number of aryl methyl sites for hydroxylation is 1. The summed E-state index contributed by atoms with van der Waals surface area (Å²) in [6, 6.07) is 12.7. The van der Waals surface area contributed by atoms with Crippen molar-refractivity contribution in [1.29, 1.82) is 0 Å². The van der Waals surface area contributed by atoms with Crippen LogP contribution in [-0.2, 0) is 49.5 Å². The van der Waals surface area contributed by atoms with Crippen molar-refractivity contribution in [2.24, 2.45) is 0 Å². The second kappa shape index (κ2) is 14.6. The van der Waals surface area contributed by atoms with Crippen molar-refractivity contribution in [3.63, 3.8) is 0 Å². The van der Waals surface area contributed by atoms with Crippen LogP contribution in [0.5, 0.6) is 0 Å². The lowest BCUT2D eigenvalue weighted by molar-refractivity contribution is -0.136. The maximum atomic E-state index is 13.1. The van der Waals surface area contributed by atoms with Gasteiger partial charge in [0.1, 0.15) is 11.6 Å². The van der Waals surface area contributed by atoms with Gasteiger partial charge in [-0.2, -0.15) is 0 Å². The van der Waals surface area contributed by atoms with Crippen LogP contribution >= 0.6 is 0 Å². The largest absolute Gasteiger partial charge is 0.444 e. The van der Waals surface area contributed by atoms with Gasteiger partial charge in [-0.1, -0.05) is 36.4 Å². The molecular formula is C37H49N5O8S. The number of alkyl carbamates (subject to hydrolysis) is 1. The van der Waals surface area contributed by atoms with Gasteiger partial charge >= 0.3 is 6.09 Å². The summed E-state index contributed by atoms with van der Waals surface area (Å²) in [5.74, 6) is -0.974. The number of hydrogen-bond acceptors (Lipinski definition) is 9. The average molecular weight is 724 g/mol. The number of amides is 4. The van der Waals surface area contributed by atoms with Gasteiger partial charge in [0.05, 0.1) is 11.4 Å². The predicted octanol–water partition coefficient (Wildman–Crippen LogP) is 2.79. The fourth-order valence-electron chi connectivity index (χ4n) is 7.43. The molecular weight excluding hydrogens is 675 g/mol. The van der Waals surface area contributed by atoms with Crippen LogP contribution in [0.25, 0.3) is 0 Å². The van der Waals surface area contributed by atoms with Crippen LogP contribution in [0.15, 0.2) is 42.5 Å². The molecule has 1 atom stereocenters. The topological polar surface area (TPSA) is 166 Å². The number of piperidine rings is 3. The number of aliphatic hydroxyl groups is 1. The summed E-state index contributed by atoms with van der Waals surface area (Å²) in [7, 11) is -3.44. The summed E-state index contributed by atoms with van der Waals surface area (Å²) in [6.45, 7) is 8.47. The first-order valence-electron chi connectivity index (χ1n) is 17.9. The number of sulfonamides is 1. The lowest BCUT2D eigenvalue weighted by Gasteiger charge is -2.38. The zero-order chi connectivity index (χ0) is 36.6. The molecule has 0 aromatic heterocycles. The summed E-state index contributed by atoms with van der Waals surface area (Å²) in [5.41, 5.74) is 2.51. The van der Waals surface area contributed by atoms with Crippen LogP contribution in [0.1, 0.15) is 91.9 Å². The van der Waals surface area contributed by atoms with Crippen LogP contribution in [-0.4, -0.2) is 101 Å². The fourth-order valence-corrected chi connectivity index (χ4v) is 8.95. The van der Waals surface area contributed by atoms with E-state index >= 15 is 0 Å². The fraction of sp³-hybridized carbons (Fsp3) is 0.568. The molecule has 6 rings (SSSR count). The monoisotopic (exact) mass is 723 g/mol. The van der Waals surface area contributed by atoms with E-state index < -0.39 is 39.3 Å². The third kappa shape index (κ3) is 8.79.